The Hall–Kier alpha value is -1.97. The van der Waals surface area contributed by atoms with Crippen molar-refractivity contribution in [2.45, 2.75) is 46.5 Å². The quantitative estimate of drug-likeness (QED) is 0.168. The number of oxime groups is 1. The molecule has 0 heterocycles. The first-order valence-electron chi connectivity index (χ1n) is 7.77. The molecule has 0 saturated carbocycles. The second-order valence-electron chi connectivity index (χ2n) is 6.96. The largest absolute Gasteiger partial charge is 0.515 e. The maximum atomic E-state index is 13.6. The maximum absolute atomic E-state index is 13.6. The van der Waals surface area contributed by atoms with E-state index in [-0.39, 0.29) is 18.1 Å². The van der Waals surface area contributed by atoms with Crippen LogP contribution < -0.4 is 0 Å². The van der Waals surface area contributed by atoms with Crippen molar-refractivity contribution < 1.29 is 36.0 Å². The molecule has 1 rings (SSSR count). The zero-order valence-corrected chi connectivity index (χ0v) is 16.1. The average Bonchev–Trinajstić information content (AvgIpc) is 2.51. The molecule has 0 aromatic heterocycles. The third-order valence-corrected chi connectivity index (χ3v) is 3.72. The Bertz CT molecular complexity index is 688. The van der Waals surface area contributed by atoms with Gasteiger partial charge in [0.2, 0.25) is 14.1 Å². The molecule has 0 fully saturated rings. The molecule has 0 aliphatic carbocycles. The fraction of sp³-hybridized carbons (Fsp3) is 0.500. The van der Waals surface area contributed by atoms with Gasteiger partial charge >= 0.3 is 5.97 Å². The summed E-state index contributed by atoms with van der Waals surface area (Å²) in [6.07, 6.45) is 0.153. The number of hydrogen-bond donors (Lipinski definition) is 0. The number of hydrogen-bond acceptors (Lipinski definition) is 4. The normalized spacial score (nSPS) is 12.5. The van der Waals surface area contributed by atoms with Crippen LogP contribution in [0.5, 0.6) is 0 Å². The summed E-state index contributed by atoms with van der Waals surface area (Å²) in [5.41, 5.74) is -1.31. The molecule has 0 aliphatic heterocycles. The lowest BCUT2D eigenvalue weighted by molar-refractivity contribution is -0.128. The first kappa shape index (κ1) is 22.1. The van der Waals surface area contributed by atoms with Crippen LogP contribution in [0.3, 0.4) is 0 Å². The predicted molar refractivity (Wildman–Crippen MR) is 87.3 cm³/mol. The predicted octanol–water partition coefficient (Wildman–Crippen LogP) is 4.68. The fourth-order valence-corrected chi connectivity index (χ4v) is 2.51. The first-order valence-corrected chi connectivity index (χ1v) is 11.2. The van der Waals surface area contributed by atoms with Crippen LogP contribution in [0.1, 0.15) is 25.8 Å². The summed E-state index contributed by atoms with van der Waals surface area (Å²) in [5, 5.41) is 3.50. The van der Waals surface area contributed by atoms with Crippen LogP contribution in [0.4, 0.5) is 22.0 Å². The molecule has 26 heavy (non-hydrogen) atoms. The Kier molecular flexibility index (Phi) is 7.31. The Labute approximate surface area is 149 Å². The smallest absolute Gasteiger partial charge is 0.342 e. The van der Waals surface area contributed by atoms with Gasteiger partial charge in [-0.05, 0) is 25.6 Å². The molecule has 0 saturated heterocycles. The van der Waals surface area contributed by atoms with Crippen LogP contribution in [0.15, 0.2) is 5.16 Å². The van der Waals surface area contributed by atoms with Crippen molar-refractivity contribution in [1.82, 2.24) is 0 Å². The van der Waals surface area contributed by atoms with Gasteiger partial charge in [0.05, 0.1) is 5.56 Å². The van der Waals surface area contributed by atoms with E-state index >= 15 is 0 Å². The summed E-state index contributed by atoms with van der Waals surface area (Å²) in [5.74, 6) is -11.2. The van der Waals surface area contributed by atoms with Crippen molar-refractivity contribution >= 4 is 20.0 Å². The van der Waals surface area contributed by atoms with Crippen LogP contribution in [0.25, 0.3) is 0 Å². The molecule has 4 nitrogen and oxygen atoms in total. The van der Waals surface area contributed by atoms with Gasteiger partial charge in [-0.2, -0.15) is 0 Å². The molecule has 1 aromatic rings. The van der Waals surface area contributed by atoms with E-state index in [1.165, 1.54) is 0 Å². The van der Waals surface area contributed by atoms with Crippen molar-refractivity contribution in [3.8, 4) is 0 Å². The number of rotatable bonds is 7. The third kappa shape index (κ3) is 5.79. The number of benzene rings is 1. The summed E-state index contributed by atoms with van der Waals surface area (Å²) in [7, 11) is -2.22. The van der Waals surface area contributed by atoms with E-state index in [0.717, 1.165) is 0 Å². The SMILES string of the molecule is CC(C)C/C(=N\OCc1c(F)c(F)c(F)c(F)c1F)C(=O)O[Si](C)(C)C. The summed E-state index contributed by atoms with van der Waals surface area (Å²) < 4.78 is 71.7. The second kappa shape index (κ2) is 8.61. The number of carbonyl (C=O) groups is 1. The lowest BCUT2D eigenvalue weighted by atomic mass is 10.1. The molecule has 146 valence electrons. The molecule has 0 bridgehead atoms. The molecule has 10 heteroatoms. The lowest BCUT2D eigenvalue weighted by Crippen LogP contribution is -2.33. The zero-order valence-electron chi connectivity index (χ0n) is 15.1. The Morgan fingerprint density at radius 1 is 0.962 bits per heavy atom. The first-order chi connectivity index (χ1) is 11.8. The van der Waals surface area contributed by atoms with Crippen LogP contribution in [-0.4, -0.2) is 20.0 Å². The highest BCUT2D eigenvalue weighted by atomic mass is 28.4. The number of carbonyl (C=O) groups excluding carboxylic acids is 1. The average molecular weight is 397 g/mol. The monoisotopic (exact) mass is 397 g/mol. The highest BCUT2D eigenvalue weighted by Gasteiger charge is 2.27. The molecule has 1 aromatic carbocycles. The molecular formula is C16H20F5NO3Si. The maximum Gasteiger partial charge on any atom is 0.342 e. The van der Waals surface area contributed by atoms with E-state index < -0.39 is 55.5 Å². The van der Waals surface area contributed by atoms with E-state index in [2.05, 4.69) is 5.16 Å². The molecular weight excluding hydrogens is 377 g/mol. The van der Waals surface area contributed by atoms with Gasteiger partial charge in [0, 0.05) is 6.42 Å². The summed E-state index contributed by atoms with van der Waals surface area (Å²) in [6, 6.07) is 0. The fourth-order valence-electron chi connectivity index (χ4n) is 1.83. The van der Waals surface area contributed by atoms with Gasteiger partial charge in [0.15, 0.2) is 29.0 Å². The lowest BCUT2D eigenvalue weighted by Gasteiger charge is -2.18. The molecule has 0 radical (unpaired) electrons. The van der Waals surface area contributed by atoms with Gasteiger partial charge in [0.1, 0.15) is 6.61 Å². The van der Waals surface area contributed by atoms with Crippen LogP contribution in [-0.2, 0) is 20.7 Å². The third-order valence-electron chi connectivity index (χ3n) is 2.92. The van der Waals surface area contributed by atoms with E-state index in [9.17, 15) is 26.7 Å². The van der Waals surface area contributed by atoms with Gasteiger partial charge in [-0.1, -0.05) is 19.0 Å². The minimum absolute atomic E-state index is 0.0132. The van der Waals surface area contributed by atoms with E-state index in [4.69, 9.17) is 9.26 Å². The van der Waals surface area contributed by atoms with Gasteiger partial charge in [-0.3, -0.25) is 0 Å². The van der Waals surface area contributed by atoms with E-state index in [0.29, 0.717) is 0 Å². The van der Waals surface area contributed by atoms with Gasteiger partial charge in [-0.25, -0.2) is 26.7 Å². The van der Waals surface area contributed by atoms with Crippen molar-refractivity contribution in [3.63, 3.8) is 0 Å². The van der Waals surface area contributed by atoms with E-state index in [1.807, 2.05) is 0 Å². The molecule has 0 N–H and O–H groups in total. The van der Waals surface area contributed by atoms with E-state index in [1.54, 1.807) is 33.5 Å². The molecule has 0 amide bonds. The summed E-state index contributed by atoms with van der Waals surface area (Å²) in [4.78, 5) is 16.8. The zero-order chi connectivity index (χ0) is 20.2. The van der Waals surface area contributed by atoms with Crippen molar-refractivity contribution in [2.24, 2.45) is 11.1 Å². The van der Waals surface area contributed by atoms with Crippen molar-refractivity contribution in [1.29, 1.82) is 0 Å². The minimum atomic E-state index is -2.26. The molecule has 0 aliphatic rings. The summed E-state index contributed by atoms with van der Waals surface area (Å²) in [6.45, 7) is 7.87. The Morgan fingerprint density at radius 2 is 1.42 bits per heavy atom. The minimum Gasteiger partial charge on any atom is -0.515 e. The van der Waals surface area contributed by atoms with Gasteiger partial charge in [0.25, 0.3) is 0 Å². The highest BCUT2D eigenvalue weighted by Crippen LogP contribution is 2.23. The van der Waals surface area contributed by atoms with Crippen molar-refractivity contribution in [2.75, 3.05) is 0 Å². The van der Waals surface area contributed by atoms with Crippen molar-refractivity contribution in [3.05, 3.63) is 34.6 Å². The summed E-state index contributed by atoms with van der Waals surface area (Å²) >= 11 is 0. The molecule has 0 spiro atoms. The van der Waals surface area contributed by atoms with Crippen LogP contribution >= 0.6 is 0 Å². The topological polar surface area (TPSA) is 47.9 Å². The molecule has 0 unspecified atom stereocenters. The standard InChI is InChI=1S/C16H20F5NO3Si/c1-8(2)6-10(16(23)25-26(3,4)5)22-24-7-9-11(17)13(19)15(21)14(20)12(9)18/h8H,6-7H2,1-5H3/b22-10+. The van der Waals surface area contributed by atoms with Crippen LogP contribution in [0, 0.1) is 35.0 Å². The van der Waals surface area contributed by atoms with Gasteiger partial charge in [-0.15, -0.1) is 0 Å². The highest BCUT2D eigenvalue weighted by molar-refractivity contribution is 6.72. The Balaban J connectivity index is 3.04. The number of nitrogens with zero attached hydrogens (tertiary/aromatic N) is 1. The Morgan fingerprint density at radius 3 is 1.85 bits per heavy atom. The van der Waals surface area contributed by atoms with Gasteiger partial charge < -0.3 is 9.26 Å². The number of halogens is 5. The molecule has 0 atom stereocenters. The van der Waals surface area contributed by atoms with Crippen LogP contribution in [0.2, 0.25) is 19.6 Å². The second-order valence-corrected chi connectivity index (χ2v) is 11.4.